The molecule has 9 heteroatoms. The summed E-state index contributed by atoms with van der Waals surface area (Å²) in [7, 11) is 0. The number of benzene rings is 2. The van der Waals surface area contributed by atoms with Crippen LogP contribution < -0.4 is 5.32 Å². The van der Waals surface area contributed by atoms with Gasteiger partial charge in [0.1, 0.15) is 5.82 Å². The van der Waals surface area contributed by atoms with Gasteiger partial charge in [-0.3, -0.25) is 0 Å². The molecule has 0 spiro atoms. The van der Waals surface area contributed by atoms with Gasteiger partial charge in [0, 0.05) is 33.6 Å². The molecule has 2 aromatic carbocycles. The van der Waals surface area contributed by atoms with Crippen LogP contribution in [0.4, 0.5) is 14.9 Å². The molecule has 0 saturated carbocycles. The van der Waals surface area contributed by atoms with Gasteiger partial charge < -0.3 is 10.2 Å². The molecule has 0 aliphatic carbocycles. The quantitative estimate of drug-likeness (QED) is 0.421. The van der Waals surface area contributed by atoms with Crippen molar-refractivity contribution in [2.45, 2.75) is 19.9 Å². The second-order valence-corrected chi connectivity index (χ2v) is 9.09. The van der Waals surface area contributed by atoms with E-state index in [0.717, 1.165) is 36.8 Å². The Bertz CT molecular complexity index is 1270. The fraction of sp³-hybridized carbons (Fsp3) is 0.190. The standard InChI is InChI=1S/C21H17BrFN5OS/c1-12-10-15(6-7-16(12)22)24-20(29)27-9-8-17-18(11-27)30-21-25-19(26-28(17)21)13-2-4-14(23)5-3-13/h2-7,10H,8-9,11H2,1H3,(H,24,29). The van der Waals surface area contributed by atoms with E-state index in [1.807, 2.05) is 29.6 Å². The molecule has 3 heterocycles. The first-order valence-corrected chi connectivity index (χ1v) is 11.0. The number of amides is 2. The lowest BCUT2D eigenvalue weighted by atomic mass is 10.2. The molecular formula is C21H17BrFN5OS. The summed E-state index contributed by atoms with van der Waals surface area (Å²) in [5.74, 6) is 0.295. The van der Waals surface area contributed by atoms with E-state index in [1.54, 1.807) is 17.0 Å². The summed E-state index contributed by atoms with van der Waals surface area (Å²) in [6.45, 7) is 3.12. The topological polar surface area (TPSA) is 62.5 Å². The number of halogens is 2. The van der Waals surface area contributed by atoms with Crippen LogP contribution in [0.1, 0.15) is 16.1 Å². The molecule has 0 saturated heterocycles. The highest BCUT2D eigenvalue weighted by Crippen LogP contribution is 2.30. The Labute approximate surface area is 184 Å². The predicted molar refractivity (Wildman–Crippen MR) is 118 cm³/mol. The number of carbonyl (C=O) groups is 1. The van der Waals surface area contributed by atoms with E-state index in [-0.39, 0.29) is 11.8 Å². The Hall–Kier alpha value is -2.78. The van der Waals surface area contributed by atoms with Crippen molar-refractivity contribution < 1.29 is 9.18 Å². The molecule has 0 atom stereocenters. The number of nitrogens with one attached hydrogen (secondary N) is 1. The lowest BCUT2D eigenvalue weighted by molar-refractivity contribution is 0.206. The van der Waals surface area contributed by atoms with Gasteiger partial charge in [0.15, 0.2) is 5.82 Å². The molecule has 2 amide bonds. The highest BCUT2D eigenvalue weighted by Gasteiger charge is 2.26. The minimum Gasteiger partial charge on any atom is -0.319 e. The summed E-state index contributed by atoms with van der Waals surface area (Å²) in [6.07, 6.45) is 0.703. The number of rotatable bonds is 2. The molecule has 2 aromatic heterocycles. The Balaban J connectivity index is 1.35. The van der Waals surface area contributed by atoms with Gasteiger partial charge in [0.05, 0.1) is 12.2 Å². The van der Waals surface area contributed by atoms with E-state index < -0.39 is 0 Å². The summed E-state index contributed by atoms with van der Waals surface area (Å²) in [5.41, 5.74) is 3.70. The maximum atomic E-state index is 13.2. The summed E-state index contributed by atoms with van der Waals surface area (Å²) in [6, 6.07) is 11.8. The maximum absolute atomic E-state index is 13.2. The summed E-state index contributed by atoms with van der Waals surface area (Å²) in [5, 5.41) is 7.59. The smallest absolute Gasteiger partial charge is 0.319 e. The normalized spacial score (nSPS) is 13.5. The largest absolute Gasteiger partial charge is 0.322 e. The van der Waals surface area contributed by atoms with Crippen molar-refractivity contribution in [1.29, 1.82) is 0 Å². The van der Waals surface area contributed by atoms with Crippen LogP contribution in [0.5, 0.6) is 0 Å². The SMILES string of the molecule is Cc1cc(NC(=O)N2CCc3c(sc4nc(-c5ccc(F)cc5)nn34)C2)ccc1Br. The Morgan fingerprint density at radius 1 is 1.23 bits per heavy atom. The minimum atomic E-state index is -0.284. The predicted octanol–water partition coefficient (Wildman–Crippen LogP) is 5.26. The minimum absolute atomic E-state index is 0.117. The van der Waals surface area contributed by atoms with Crippen molar-refractivity contribution in [2.75, 3.05) is 11.9 Å². The third-order valence-electron chi connectivity index (χ3n) is 5.12. The van der Waals surface area contributed by atoms with Crippen molar-refractivity contribution in [3.63, 3.8) is 0 Å². The number of carbonyl (C=O) groups excluding carboxylic acids is 1. The van der Waals surface area contributed by atoms with E-state index in [1.165, 1.54) is 23.5 Å². The van der Waals surface area contributed by atoms with Gasteiger partial charge in [-0.1, -0.05) is 27.3 Å². The molecule has 1 N–H and O–H groups in total. The van der Waals surface area contributed by atoms with Crippen LogP contribution in [0.25, 0.3) is 16.3 Å². The first-order valence-electron chi connectivity index (χ1n) is 9.43. The van der Waals surface area contributed by atoms with E-state index in [2.05, 4.69) is 31.3 Å². The first-order chi connectivity index (χ1) is 14.5. The second kappa shape index (κ2) is 7.48. The van der Waals surface area contributed by atoms with E-state index in [0.29, 0.717) is 25.3 Å². The van der Waals surface area contributed by atoms with Crippen LogP contribution in [0.15, 0.2) is 46.9 Å². The number of urea groups is 1. The zero-order chi connectivity index (χ0) is 20.8. The van der Waals surface area contributed by atoms with Gasteiger partial charge in [0.25, 0.3) is 0 Å². The van der Waals surface area contributed by atoms with Gasteiger partial charge in [0.2, 0.25) is 4.96 Å². The molecule has 4 aromatic rings. The molecular weight excluding hydrogens is 469 g/mol. The third-order valence-corrected chi connectivity index (χ3v) is 7.07. The zero-order valence-electron chi connectivity index (χ0n) is 16.0. The third kappa shape index (κ3) is 3.48. The lowest BCUT2D eigenvalue weighted by Crippen LogP contribution is -2.38. The number of nitrogens with zero attached hydrogens (tertiary/aromatic N) is 4. The Morgan fingerprint density at radius 3 is 2.80 bits per heavy atom. The molecule has 0 radical (unpaired) electrons. The number of aryl methyl sites for hydroxylation is 1. The average molecular weight is 486 g/mol. The van der Waals surface area contributed by atoms with Crippen molar-refractivity contribution >= 4 is 43.9 Å². The van der Waals surface area contributed by atoms with Crippen molar-refractivity contribution in [3.8, 4) is 11.4 Å². The number of hydrogen-bond acceptors (Lipinski definition) is 4. The van der Waals surface area contributed by atoms with E-state index >= 15 is 0 Å². The number of thiazole rings is 1. The molecule has 0 fully saturated rings. The molecule has 1 aliphatic rings. The molecule has 1 aliphatic heterocycles. The number of hydrogen-bond donors (Lipinski definition) is 1. The molecule has 0 bridgehead atoms. The molecule has 30 heavy (non-hydrogen) atoms. The fourth-order valence-corrected chi connectivity index (χ4v) is 4.87. The Morgan fingerprint density at radius 2 is 2.03 bits per heavy atom. The van der Waals surface area contributed by atoms with Crippen LogP contribution in [0.3, 0.4) is 0 Å². The molecule has 6 nitrogen and oxygen atoms in total. The van der Waals surface area contributed by atoms with Crippen molar-refractivity contribution in [3.05, 3.63) is 68.9 Å². The van der Waals surface area contributed by atoms with Gasteiger partial charge in [-0.05, 0) is 55.0 Å². The zero-order valence-corrected chi connectivity index (χ0v) is 18.4. The second-order valence-electron chi connectivity index (χ2n) is 7.17. The van der Waals surface area contributed by atoms with Gasteiger partial charge in [-0.25, -0.2) is 13.7 Å². The number of fused-ring (bicyclic) bond motifs is 3. The van der Waals surface area contributed by atoms with E-state index in [9.17, 15) is 9.18 Å². The van der Waals surface area contributed by atoms with Gasteiger partial charge in [-0.15, -0.1) is 5.10 Å². The molecule has 152 valence electrons. The fourth-order valence-electron chi connectivity index (χ4n) is 3.51. The number of aromatic nitrogens is 3. The van der Waals surface area contributed by atoms with Crippen LogP contribution >= 0.6 is 27.3 Å². The highest BCUT2D eigenvalue weighted by atomic mass is 79.9. The van der Waals surface area contributed by atoms with Gasteiger partial charge >= 0.3 is 6.03 Å². The molecule has 5 rings (SSSR count). The number of anilines is 1. The van der Waals surface area contributed by atoms with Crippen molar-refractivity contribution in [2.24, 2.45) is 0 Å². The van der Waals surface area contributed by atoms with Gasteiger partial charge in [-0.2, -0.15) is 4.98 Å². The summed E-state index contributed by atoms with van der Waals surface area (Å²) in [4.78, 5) is 21.0. The summed E-state index contributed by atoms with van der Waals surface area (Å²) >= 11 is 5.01. The van der Waals surface area contributed by atoms with Crippen LogP contribution in [-0.2, 0) is 13.0 Å². The lowest BCUT2D eigenvalue weighted by Gasteiger charge is -2.26. The van der Waals surface area contributed by atoms with E-state index in [4.69, 9.17) is 0 Å². The van der Waals surface area contributed by atoms with Crippen LogP contribution in [-0.4, -0.2) is 32.1 Å². The first kappa shape index (κ1) is 19.2. The van der Waals surface area contributed by atoms with Crippen LogP contribution in [0.2, 0.25) is 0 Å². The Kier molecular flexibility index (Phi) is 4.79. The monoisotopic (exact) mass is 485 g/mol. The summed E-state index contributed by atoms with van der Waals surface area (Å²) < 4.78 is 16.0. The van der Waals surface area contributed by atoms with Crippen molar-refractivity contribution in [1.82, 2.24) is 19.5 Å². The highest BCUT2D eigenvalue weighted by molar-refractivity contribution is 9.10. The average Bonchev–Trinajstić information content (AvgIpc) is 3.28. The maximum Gasteiger partial charge on any atom is 0.322 e. The molecule has 0 unspecified atom stereocenters. The van der Waals surface area contributed by atoms with Crippen LogP contribution in [0, 0.1) is 12.7 Å².